The van der Waals surface area contributed by atoms with Gasteiger partial charge in [-0.3, -0.25) is 0 Å². The van der Waals surface area contributed by atoms with Crippen LogP contribution in [0.5, 0.6) is 5.88 Å². The van der Waals surface area contributed by atoms with Crippen LogP contribution in [-0.2, 0) is 12.8 Å². The minimum absolute atomic E-state index is 0.357. The summed E-state index contributed by atoms with van der Waals surface area (Å²) in [6.07, 6.45) is 4.18. The van der Waals surface area contributed by atoms with E-state index in [9.17, 15) is 0 Å². The van der Waals surface area contributed by atoms with Gasteiger partial charge in [0.25, 0.3) is 0 Å². The third kappa shape index (κ3) is 3.05. The molecule has 2 heterocycles. The van der Waals surface area contributed by atoms with Gasteiger partial charge >= 0.3 is 0 Å². The van der Waals surface area contributed by atoms with E-state index in [2.05, 4.69) is 56.1 Å². The second-order valence-electron chi connectivity index (χ2n) is 5.19. The lowest BCUT2D eigenvalue weighted by atomic mass is 10.0. The van der Waals surface area contributed by atoms with Crippen molar-refractivity contribution in [1.29, 1.82) is 0 Å². The van der Waals surface area contributed by atoms with Gasteiger partial charge in [0.05, 0.1) is 7.11 Å². The SMILES string of the molecule is CCCCc1ccc(Cc2nc3nonc3nc2OC)cc1. The van der Waals surface area contributed by atoms with E-state index in [1.54, 1.807) is 7.11 Å². The molecule has 0 aliphatic heterocycles. The average molecular weight is 298 g/mol. The number of aryl methyl sites for hydroxylation is 1. The van der Waals surface area contributed by atoms with Gasteiger partial charge in [-0.1, -0.05) is 37.6 Å². The molecule has 0 unspecified atom stereocenters. The van der Waals surface area contributed by atoms with Gasteiger partial charge in [-0.15, -0.1) is 0 Å². The van der Waals surface area contributed by atoms with Gasteiger partial charge in [0.2, 0.25) is 17.2 Å². The molecule has 2 aromatic heterocycles. The number of fused-ring (bicyclic) bond motifs is 1. The fourth-order valence-corrected chi connectivity index (χ4v) is 2.33. The van der Waals surface area contributed by atoms with Crippen LogP contribution in [0.15, 0.2) is 28.9 Å². The highest BCUT2D eigenvalue weighted by Crippen LogP contribution is 2.20. The van der Waals surface area contributed by atoms with Crippen LogP contribution in [0, 0.1) is 0 Å². The summed E-state index contributed by atoms with van der Waals surface area (Å²) in [5.41, 5.74) is 4.00. The number of methoxy groups -OCH3 is 1. The minimum Gasteiger partial charge on any atom is -0.480 e. The maximum absolute atomic E-state index is 5.29. The number of aromatic nitrogens is 4. The van der Waals surface area contributed by atoms with Crippen LogP contribution in [0.25, 0.3) is 11.3 Å². The normalized spacial score (nSPS) is 11.0. The maximum Gasteiger partial charge on any atom is 0.246 e. The Hall–Kier alpha value is -2.50. The van der Waals surface area contributed by atoms with E-state index in [-0.39, 0.29) is 0 Å². The summed E-state index contributed by atoms with van der Waals surface area (Å²) in [6, 6.07) is 8.58. The zero-order valence-electron chi connectivity index (χ0n) is 12.7. The van der Waals surface area contributed by atoms with Crippen molar-refractivity contribution >= 4 is 11.3 Å². The van der Waals surface area contributed by atoms with Crippen molar-refractivity contribution < 1.29 is 9.37 Å². The molecule has 0 saturated carbocycles. The zero-order chi connectivity index (χ0) is 15.4. The Morgan fingerprint density at radius 3 is 2.36 bits per heavy atom. The first-order valence-electron chi connectivity index (χ1n) is 7.41. The maximum atomic E-state index is 5.29. The fourth-order valence-electron chi connectivity index (χ4n) is 2.33. The minimum atomic E-state index is 0.357. The number of nitrogens with zero attached hydrogens (tertiary/aromatic N) is 4. The molecule has 6 heteroatoms. The summed E-state index contributed by atoms with van der Waals surface area (Å²) >= 11 is 0. The topological polar surface area (TPSA) is 73.9 Å². The van der Waals surface area contributed by atoms with Crippen LogP contribution >= 0.6 is 0 Å². The molecular formula is C16H18N4O2. The first-order valence-corrected chi connectivity index (χ1v) is 7.41. The van der Waals surface area contributed by atoms with Gasteiger partial charge in [0.1, 0.15) is 5.69 Å². The van der Waals surface area contributed by atoms with E-state index >= 15 is 0 Å². The van der Waals surface area contributed by atoms with Gasteiger partial charge in [-0.2, -0.15) is 4.98 Å². The molecule has 0 amide bonds. The number of rotatable bonds is 6. The first kappa shape index (κ1) is 14.4. The number of hydrogen-bond acceptors (Lipinski definition) is 6. The standard InChI is InChI=1S/C16H18N4O2/c1-3-4-5-11-6-8-12(9-7-11)10-13-16(21-2)18-15-14(17-13)19-22-20-15/h6-9H,3-5,10H2,1-2H3. The molecule has 0 saturated heterocycles. The molecule has 3 aromatic rings. The first-order chi connectivity index (χ1) is 10.8. The van der Waals surface area contributed by atoms with Crippen LogP contribution in [0.4, 0.5) is 0 Å². The third-order valence-corrected chi connectivity index (χ3v) is 3.56. The molecule has 0 fully saturated rings. The van der Waals surface area contributed by atoms with Crippen molar-refractivity contribution in [3.8, 4) is 5.88 Å². The van der Waals surface area contributed by atoms with Crippen LogP contribution in [0.2, 0.25) is 0 Å². The Kier molecular flexibility index (Phi) is 4.27. The van der Waals surface area contributed by atoms with Crippen LogP contribution in [-0.4, -0.2) is 27.4 Å². The Morgan fingerprint density at radius 2 is 1.68 bits per heavy atom. The largest absolute Gasteiger partial charge is 0.480 e. The smallest absolute Gasteiger partial charge is 0.246 e. The van der Waals surface area contributed by atoms with E-state index in [0.29, 0.717) is 23.6 Å². The van der Waals surface area contributed by atoms with Gasteiger partial charge in [-0.25, -0.2) is 9.61 Å². The summed E-state index contributed by atoms with van der Waals surface area (Å²) in [4.78, 5) is 8.67. The van der Waals surface area contributed by atoms with E-state index in [1.165, 1.54) is 18.4 Å². The fraction of sp³-hybridized carbons (Fsp3) is 0.375. The van der Waals surface area contributed by atoms with Gasteiger partial charge in [-0.05, 0) is 34.3 Å². The average Bonchev–Trinajstić information content (AvgIpc) is 3.00. The quantitative estimate of drug-likeness (QED) is 0.696. The van der Waals surface area contributed by atoms with Crippen molar-refractivity contribution in [2.24, 2.45) is 0 Å². The summed E-state index contributed by atoms with van der Waals surface area (Å²) in [5.74, 6) is 0.457. The Labute approximate surface area is 128 Å². The van der Waals surface area contributed by atoms with Crippen molar-refractivity contribution in [3.63, 3.8) is 0 Å². The summed E-state index contributed by atoms with van der Waals surface area (Å²) in [5, 5.41) is 7.40. The molecule has 0 bridgehead atoms. The molecule has 1 aromatic carbocycles. The van der Waals surface area contributed by atoms with Crippen molar-refractivity contribution in [2.45, 2.75) is 32.6 Å². The van der Waals surface area contributed by atoms with Crippen molar-refractivity contribution in [2.75, 3.05) is 7.11 Å². The molecular weight excluding hydrogens is 280 g/mol. The molecule has 3 rings (SSSR count). The van der Waals surface area contributed by atoms with E-state index in [4.69, 9.17) is 4.74 Å². The number of unbranched alkanes of at least 4 members (excludes halogenated alkanes) is 1. The third-order valence-electron chi connectivity index (χ3n) is 3.56. The van der Waals surface area contributed by atoms with Crippen LogP contribution < -0.4 is 4.74 Å². The van der Waals surface area contributed by atoms with Gasteiger partial charge < -0.3 is 4.74 Å². The van der Waals surface area contributed by atoms with E-state index < -0.39 is 0 Å². The highest BCUT2D eigenvalue weighted by Gasteiger charge is 2.13. The van der Waals surface area contributed by atoms with Crippen molar-refractivity contribution in [3.05, 3.63) is 41.1 Å². The number of benzene rings is 1. The van der Waals surface area contributed by atoms with E-state index in [0.717, 1.165) is 17.7 Å². The molecule has 0 spiro atoms. The summed E-state index contributed by atoms with van der Waals surface area (Å²) in [6.45, 7) is 2.20. The van der Waals surface area contributed by atoms with Gasteiger partial charge in [0.15, 0.2) is 0 Å². The Bertz CT molecular complexity index is 752. The predicted molar refractivity (Wildman–Crippen MR) is 81.8 cm³/mol. The zero-order valence-corrected chi connectivity index (χ0v) is 12.7. The van der Waals surface area contributed by atoms with Crippen LogP contribution in [0.1, 0.15) is 36.6 Å². The summed E-state index contributed by atoms with van der Waals surface area (Å²) in [7, 11) is 1.57. The molecule has 0 N–H and O–H groups in total. The monoisotopic (exact) mass is 298 g/mol. The van der Waals surface area contributed by atoms with E-state index in [1.807, 2.05) is 0 Å². The molecule has 6 nitrogen and oxygen atoms in total. The summed E-state index contributed by atoms with van der Waals surface area (Å²) < 4.78 is 9.93. The highest BCUT2D eigenvalue weighted by molar-refractivity contribution is 5.64. The second-order valence-corrected chi connectivity index (χ2v) is 5.19. The highest BCUT2D eigenvalue weighted by atomic mass is 16.6. The Morgan fingerprint density at radius 1 is 1.00 bits per heavy atom. The molecule has 0 aliphatic carbocycles. The molecule has 22 heavy (non-hydrogen) atoms. The predicted octanol–water partition coefficient (Wildman–Crippen LogP) is 2.95. The molecule has 0 aliphatic rings. The lowest BCUT2D eigenvalue weighted by molar-refractivity contribution is 0.313. The van der Waals surface area contributed by atoms with Crippen molar-refractivity contribution in [1.82, 2.24) is 20.3 Å². The molecule has 0 atom stereocenters. The molecule has 0 radical (unpaired) electrons. The number of hydrogen-bond donors (Lipinski definition) is 0. The number of ether oxygens (including phenoxy) is 1. The second kappa shape index (κ2) is 6.51. The van der Waals surface area contributed by atoms with Gasteiger partial charge in [0, 0.05) is 6.42 Å². The van der Waals surface area contributed by atoms with Crippen LogP contribution in [0.3, 0.4) is 0 Å². The lowest BCUT2D eigenvalue weighted by Gasteiger charge is -2.07. The Balaban J connectivity index is 1.82. The molecule has 114 valence electrons. The lowest BCUT2D eigenvalue weighted by Crippen LogP contribution is -2.01.